The molecule has 0 aliphatic carbocycles. The molecule has 0 radical (unpaired) electrons. The highest BCUT2D eigenvalue weighted by Crippen LogP contribution is 2.33. The average molecular weight is 378 g/mol. The van der Waals surface area contributed by atoms with Gasteiger partial charge in [0.1, 0.15) is 11.2 Å². The number of anilines is 1. The summed E-state index contributed by atoms with van der Waals surface area (Å²) >= 11 is 7.72. The van der Waals surface area contributed by atoms with Crippen LogP contribution in [0, 0.1) is 6.92 Å². The Morgan fingerprint density at radius 3 is 2.68 bits per heavy atom. The Kier molecular flexibility index (Phi) is 5.08. The molecule has 3 rings (SSSR count). The van der Waals surface area contributed by atoms with Gasteiger partial charge in [-0.05, 0) is 38.7 Å². The third-order valence-corrected chi connectivity index (χ3v) is 5.28. The van der Waals surface area contributed by atoms with E-state index in [-0.39, 0.29) is 5.91 Å². The van der Waals surface area contributed by atoms with Crippen LogP contribution in [-0.4, -0.2) is 52.8 Å². The number of benzene rings is 1. The number of aryl methyl sites for hydroxylation is 2. The van der Waals surface area contributed by atoms with E-state index < -0.39 is 0 Å². The minimum absolute atomic E-state index is 0.102. The molecule has 0 spiro atoms. The third kappa shape index (κ3) is 3.53. The maximum absolute atomic E-state index is 13.2. The zero-order chi connectivity index (χ0) is 18.1. The van der Waals surface area contributed by atoms with Crippen LogP contribution in [0.2, 0.25) is 5.02 Å². The highest BCUT2D eigenvalue weighted by molar-refractivity contribution is 7.22. The number of fused-ring (bicyclic) bond motifs is 1. The van der Waals surface area contributed by atoms with E-state index in [0.717, 1.165) is 22.3 Å². The summed E-state index contributed by atoms with van der Waals surface area (Å²) in [5.74, 6) is -0.102. The van der Waals surface area contributed by atoms with Crippen molar-refractivity contribution in [3.8, 4) is 0 Å². The van der Waals surface area contributed by atoms with Crippen molar-refractivity contribution in [2.75, 3.05) is 32.1 Å². The second-order valence-corrected chi connectivity index (χ2v) is 7.56. The summed E-state index contributed by atoms with van der Waals surface area (Å²) in [4.78, 5) is 21.6. The molecule has 0 fully saturated rings. The molecule has 0 aliphatic rings. The summed E-state index contributed by atoms with van der Waals surface area (Å²) < 4.78 is 2.58. The first-order valence-electron chi connectivity index (χ1n) is 7.88. The minimum Gasteiger partial charge on any atom is -0.308 e. The molecule has 0 saturated heterocycles. The van der Waals surface area contributed by atoms with Gasteiger partial charge in [-0.2, -0.15) is 5.10 Å². The molecular weight excluding hydrogens is 358 g/mol. The zero-order valence-electron chi connectivity index (χ0n) is 14.7. The number of aromatic nitrogens is 3. The van der Waals surface area contributed by atoms with Gasteiger partial charge in [-0.25, -0.2) is 4.98 Å². The highest BCUT2D eigenvalue weighted by atomic mass is 35.5. The summed E-state index contributed by atoms with van der Waals surface area (Å²) in [6.07, 6.45) is 1.70. The topological polar surface area (TPSA) is 54.3 Å². The van der Waals surface area contributed by atoms with E-state index in [9.17, 15) is 4.79 Å². The van der Waals surface area contributed by atoms with Crippen molar-refractivity contribution >= 4 is 44.2 Å². The molecule has 6 nitrogen and oxygen atoms in total. The minimum atomic E-state index is -0.102. The van der Waals surface area contributed by atoms with Crippen molar-refractivity contribution in [3.63, 3.8) is 0 Å². The average Bonchev–Trinajstić information content (AvgIpc) is 3.11. The molecule has 1 aromatic carbocycles. The number of thiazole rings is 1. The molecular formula is C17H20ClN5OS. The van der Waals surface area contributed by atoms with Crippen LogP contribution in [0.15, 0.2) is 24.4 Å². The van der Waals surface area contributed by atoms with Gasteiger partial charge < -0.3 is 4.90 Å². The molecule has 132 valence electrons. The van der Waals surface area contributed by atoms with Crippen molar-refractivity contribution in [1.29, 1.82) is 0 Å². The number of hydrogen-bond acceptors (Lipinski definition) is 5. The number of rotatable bonds is 5. The predicted octanol–water partition coefficient (Wildman–Crippen LogP) is 3.20. The lowest BCUT2D eigenvalue weighted by Crippen LogP contribution is -2.38. The Bertz CT molecular complexity index is 898. The van der Waals surface area contributed by atoms with Crippen LogP contribution < -0.4 is 4.90 Å². The molecule has 2 heterocycles. The standard InChI is InChI=1S/C17H20ClN5OS/c1-11-10-19-22(4)15(11)16(24)23(9-8-21(2)3)17-20-14-12(18)6-5-7-13(14)25-17/h5-7,10H,8-9H2,1-4H3. The molecule has 0 bridgehead atoms. The van der Waals surface area contributed by atoms with Crippen molar-refractivity contribution in [3.05, 3.63) is 40.7 Å². The quantitative estimate of drug-likeness (QED) is 0.685. The van der Waals surface area contributed by atoms with E-state index in [1.165, 1.54) is 11.3 Å². The third-order valence-electron chi connectivity index (χ3n) is 3.93. The molecule has 1 amide bonds. The first-order chi connectivity index (χ1) is 11.9. The van der Waals surface area contributed by atoms with Crippen LogP contribution in [0.3, 0.4) is 0 Å². The van der Waals surface area contributed by atoms with E-state index in [1.807, 2.05) is 44.1 Å². The maximum atomic E-state index is 13.2. The van der Waals surface area contributed by atoms with Crippen LogP contribution in [-0.2, 0) is 7.05 Å². The molecule has 0 saturated carbocycles. The fourth-order valence-electron chi connectivity index (χ4n) is 2.58. The van der Waals surface area contributed by atoms with Gasteiger partial charge >= 0.3 is 0 Å². The lowest BCUT2D eigenvalue weighted by molar-refractivity contribution is 0.0975. The van der Waals surface area contributed by atoms with E-state index in [1.54, 1.807) is 22.8 Å². The first kappa shape index (κ1) is 17.8. The Morgan fingerprint density at radius 2 is 2.08 bits per heavy atom. The van der Waals surface area contributed by atoms with Gasteiger partial charge in [0, 0.05) is 20.1 Å². The van der Waals surface area contributed by atoms with Crippen molar-refractivity contribution in [2.24, 2.45) is 7.05 Å². The van der Waals surface area contributed by atoms with Crippen LogP contribution >= 0.6 is 22.9 Å². The summed E-state index contributed by atoms with van der Waals surface area (Å²) in [5, 5.41) is 5.43. The second kappa shape index (κ2) is 7.11. The van der Waals surface area contributed by atoms with Crippen LogP contribution in [0.4, 0.5) is 5.13 Å². The molecule has 3 aromatic rings. The fraction of sp³-hybridized carbons (Fsp3) is 0.353. The number of para-hydroxylation sites is 1. The first-order valence-corrected chi connectivity index (χ1v) is 9.08. The Balaban J connectivity index is 2.04. The van der Waals surface area contributed by atoms with Gasteiger partial charge in [-0.1, -0.05) is 29.0 Å². The molecule has 2 aromatic heterocycles. The SMILES string of the molecule is Cc1cnn(C)c1C(=O)N(CCN(C)C)c1nc2c(Cl)cccc2s1. The Labute approximate surface area is 155 Å². The zero-order valence-corrected chi connectivity index (χ0v) is 16.2. The smallest absolute Gasteiger partial charge is 0.278 e. The van der Waals surface area contributed by atoms with E-state index >= 15 is 0 Å². The number of hydrogen-bond donors (Lipinski definition) is 0. The number of carbonyl (C=O) groups is 1. The monoisotopic (exact) mass is 377 g/mol. The Hall–Kier alpha value is -1.96. The van der Waals surface area contributed by atoms with Crippen molar-refractivity contribution in [1.82, 2.24) is 19.7 Å². The molecule has 25 heavy (non-hydrogen) atoms. The summed E-state index contributed by atoms with van der Waals surface area (Å²) in [6.45, 7) is 3.15. The number of nitrogens with zero attached hydrogens (tertiary/aromatic N) is 5. The van der Waals surface area contributed by atoms with Crippen LogP contribution in [0.5, 0.6) is 0 Å². The van der Waals surface area contributed by atoms with E-state index in [2.05, 4.69) is 10.1 Å². The van der Waals surface area contributed by atoms with E-state index in [0.29, 0.717) is 22.4 Å². The maximum Gasteiger partial charge on any atom is 0.278 e. The Morgan fingerprint density at radius 1 is 1.32 bits per heavy atom. The summed E-state index contributed by atoms with van der Waals surface area (Å²) in [5.41, 5.74) is 2.15. The lowest BCUT2D eigenvalue weighted by atomic mass is 10.2. The molecule has 0 unspecified atom stereocenters. The largest absolute Gasteiger partial charge is 0.308 e. The normalized spacial score (nSPS) is 11.4. The van der Waals surface area contributed by atoms with Gasteiger partial charge in [0.2, 0.25) is 0 Å². The summed E-state index contributed by atoms with van der Waals surface area (Å²) in [6, 6.07) is 5.67. The number of carbonyl (C=O) groups excluding carboxylic acids is 1. The van der Waals surface area contributed by atoms with Gasteiger partial charge in [0.25, 0.3) is 5.91 Å². The molecule has 0 atom stereocenters. The molecule has 8 heteroatoms. The highest BCUT2D eigenvalue weighted by Gasteiger charge is 2.25. The second-order valence-electron chi connectivity index (χ2n) is 6.14. The van der Waals surface area contributed by atoms with Gasteiger partial charge in [-0.3, -0.25) is 14.4 Å². The van der Waals surface area contributed by atoms with E-state index in [4.69, 9.17) is 11.6 Å². The number of halogens is 1. The fourth-order valence-corrected chi connectivity index (χ4v) is 3.87. The molecule has 0 N–H and O–H groups in total. The number of amides is 1. The number of likely N-dealkylation sites (N-methyl/N-ethyl adjacent to an activating group) is 1. The lowest BCUT2D eigenvalue weighted by Gasteiger charge is -2.22. The van der Waals surface area contributed by atoms with Gasteiger partial charge in [0.05, 0.1) is 15.9 Å². The molecule has 0 aliphatic heterocycles. The van der Waals surface area contributed by atoms with Crippen LogP contribution in [0.1, 0.15) is 16.1 Å². The summed E-state index contributed by atoms with van der Waals surface area (Å²) in [7, 11) is 5.74. The van der Waals surface area contributed by atoms with Gasteiger partial charge in [-0.15, -0.1) is 0 Å². The van der Waals surface area contributed by atoms with Crippen molar-refractivity contribution < 1.29 is 4.79 Å². The van der Waals surface area contributed by atoms with Crippen LogP contribution in [0.25, 0.3) is 10.2 Å². The predicted molar refractivity (Wildman–Crippen MR) is 103 cm³/mol. The van der Waals surface area contributed by atoms with Crippen molar-refractivity contribution in [2.45, 2.75) is 6.92 Å². The van der Waals surface area contributed by atoms with Gasteiger partial charge in [0.15, 0.2) is 5.13 Å².